The molecule has 0 bridgehead atoms. The molecule has 4 heterocycles. The minimum atomic E-state index is -0.262. The van der Waals surface area contributed by atoms with Crippen LogP contribution in [0.1, 0.15) is 22.2 Å². The van der Waals surface area contributed by atoms with Crippen LogP contribution in [0.4, 0.5) is 17.3 Å². The van der Waals surface area contributed by atoms with E-state index in [1.165, 1.54) is 11.0 Å². The summed E-state index contributed by atoms with van der Waals surface area (Å²) in [7, 11) is 0. The number of aromatic nitrogens is 2. The molecule has 1 saturated heterocycles. The van der Waals surface area contributed by atoms with E-state index >= 15 is 0 Å². The summed E-state index contributed by atoms with van der Waals surface area (Å²) in [5.74, 6) is 1.02. The molecule has 0 saturated carbocycles. The molecule has 0 aliphatic carbocycles. The monoisotopic (exact) mass is 489 g/mol. The quantitative estimate of drug-likeness (QED) is 0.512. The summed E-state index contributed by atoms with van der Waals surface area (Å²) in [6.45, 7) is 7.26. The van der Waals surface area contributed by atoms with Gasteiger partial charge in [0.15, 0.2) is 6.17 Å². The molecular weight excluding hydrogens is 462 g/mol. The highest BCUT2D eigenvalue weighted by atomic mass is 32.1. The second-order valence-corrected chi connectivity index (χ2v) is 9.19. The molecule has 1 atom stereocenters. The lowest BCUT2D eigenvalue weighted by molar-refractivity contribution is -0.111. The molecule has 0 radical (unpaired) electrons. The Hall–Kier alpha value is -3.76. The number of rotatable bonds is 6. The van der Waals surface area contributed by atoms with E-state index in [-0.39, 0.29) is 18.0 Å². The first-order valence-corrected chi connectivity index (χ1v) is 12.3. The number of ether oxygens (including phenoxy) is 1. The van der Waals surface area contributed by atoms with Crippen molar-refractivity contribution in [2.24, 2.45) is 4.99 Å². The first-order chi connectivity index (χ1) is 17.1. The highest BCUT2D eigenvalue weighted by Gasteiger charge is 2.33. The maximum Gasteiger partial charge on any atom is 0.247 e. The lowest BCUT2D eigenvalue weighted by Crippen LogP contribution is -2.44. The van der Waals surface area contributed by atoms with Crippen molar-refractivity contribution >= 4 is 40.4 Å². The van der Waals surface area contributed by atoms with Gasteiger partial charge in [0, 0.05) is 43.3 Å². The number of aliphatic imine (C=N–C) groups is 1. The number of morpholine rings is 1. The van der Waals surface area contributed by atoms with E-state index in [2.05, 4.69) is 43.1 Å². The molecule has 2 aliphatic heterocycles. The molecule has 9 nitrogen and oxygen atoms in total. The number of nitrogen functional groups attached to an aromatic ring is 1. The number of carbonyl (C=O) groups is 1. The Morgan fingerprint density at radius 2 is 1.94 bits per heavy atom. The molecule has 0 spiro atoms. The highest BCUT2D eigenvalue weighted by Crippen LogP contribution is 2.39. The molecule has 180 valence electrons. The Morgan fingerprint density at radius 3 is 2.66 bits per heavy atom. The highest BCUT2D eigenvalue weighted by molar-refractivity contribution is 7.12. The average Bonchev–Trinajstić information content (AvgIpc) is 3.39. The third-order valence-electron chi connectivity index (χ3n) is 6.05. The molecule has 3 N–H and O–H groups in total. The van der Waals surface area contributed by atoms with Crippen molar-refractivity contribution in [1.29, 1.82) is 0 Å². The predicted molar refractivity (Wildman–Crippen MR) is 139 cm³/mol. The Bertz CT molecular complexity index is 1220. The van der Waals surface area contributed by atoms with Crippen molar-refractivity contribution in [3.05, 3.63) is 76.8 Å². The summed E-state index contributed by atoms with van der Waals surface area (Å²) >= 11 is 1.71. The summed E-state index contributed by atoms with van der Waals surface area (Å²) < 4.78 is 5.56. The maximum atomic E-state index is 11.5. The van der Waals surface area contributed by atoms with Crippen LogP contribution in [-0.4, -0.2) is 59.5 Å². The largest absolute Gasteiger partial charge is 0.378 e. The number of fused-ring (bicyclic) bond motifs is 1. The van der Waals surface area contributed by atoms with Crippen LogP contribution in [0.25, 0.3) is 0 Å². The van der Waals surface area contributed by atoms with Gasteiger partial charge >= 0.3 is 0 Å². The van der Waals surface area contributed by atoms with Crippen LogP contribution in [0, 0.1) is 0 Å². The van der Waals surface area contributed by atoms with Gasteiger partial charge in [-0.05, 0) is 41.6 Å². The molecule has 3 aromatic rings. The number of benzene rings is 1. The first-order valence-electron chi connectivity index (χ1n) is 11.5. The van der Waals surface area contributed by atoms with E-state index < -0.39 is 0 Å². The van der Waals surface area contributed by atoms with Crippen LogP contribution in [0.5, 0.6) is 0 Å². The van der Waals surface area contributed by atoms with E-state index in [9.17, 15) is 4.79 Å². The van der Waals surface area contributed by atoms with Crippen LogP contribution in [0.2, 0.25) is 0 Å². The summed E-state index contributed by atoms with van der Waals surface area (Å²) in [4.78, 5) is 31.0. The Kier molecular flexibility index (Phi) is 6.73. The van der Waals surface area contributed by atoms with Crippen molar-refractivity contribution in [2.45, 2.75) is 12.6 Å². The molecule has 1 amide bonds. The van der Waals surface area contributed by atoms with E-state index in [0.717, 1.165) is 54.4 Å². The van der Waals surface area contributed by atoms with Crippen molar-refractivity contribution in [2.75, 3.05) is 48.8 Å². The van der Waals surface area contributed by atoms with Crippen molar-refractivity contribution in [3.8, 4) is 0 Å². The number of anilines is 3. The molecule has 10 heteroatoms. The van der Waals surface area contributed by atoms with E-state index in [0.29, 0.717) is 13.2 Å². The fourth-order valence-electron chi connectivity index (χ4n) is 4.25. The predicted octanol–water partition coefficient (Wildman–Crippen LogP) is 3.09. The van der Waals surface area contributed by atoms with Crippen molar-refractivity contribution < 1.29 is 9.53 Å². The Morgan fingerprint density at radius 1 is 1.20 bits per heavy atom. The van der Waals surface area contributed by atoms with Gasteiger partial charge in [0.25, 0.3) is 0 Å². The Labute approximate surface area is 208 Å². The standard InChI is InChI=1S/C25H27N7O2S/c1-2-21(33)29-19-5-3-17(4-6-19)7-9-32-20-8-14-35-22(20)24(31-10-12-34-13-11-31)30-23(32)18-15-27-25(26)28-16-18/h2-6,8,14-16,23H,1,7,9-13H2,(H,29,33)(H2,26,27,28). The topological polar surface area (TPSA) is 109 Å². The van der Waals surface area contributed by atoms with Crippen molar-refractivity contribution in [1.82, 2.24) is 14.9 Å². The van der Waals surface area contributed by atoms with Gasteiger partial charge in [-0.1, -0.05) is 18.7 Å². The summed E-state index contributed by atoms with van der Waals surface area (Å²) in [5, 5.41) is 4.90. The normalized spacial score (nSPS) is 17.5. The summed E-state index contributed by atoms with van der Waals surface area (Å²) in [5.41, 5.74) is 9.71. The molecule has 2 aromatic heterocycles. The lowest BCUT2D eigenvalue weighted by atomic mass is 10.1. The number of carbonyl (C=O) groups excluding carboxylic acids is 1. The molecule has 1 fully saturated rings. The van der Waals surface area contributed by atoms with Gasteiger partial charge in [-0.2, -0.15) is 0 Å². The first kappa shape index (κ1) is 23.0. The molecular formula is C25H27N7O2S. The number of nitrogens with two attached hydrogens (primary N) is 1. The zero-order chi connectivity index (χ0) is 24.2. The van der Waals surface area contributed by atoms with Gasteiger partial charge in [0.2, 0.25) is 11.9 Å². The minimum absolute atomic E-state index is 0.224. The van der Waals surface area contributed by atoms with Gasteiger partial charge in [0.05, 0.1) is 23.8 Å². The number of nitrogens with one attached hydrogen (secondary N) is 1. The SMILES string of the molecule is C=CC(=O)Nc1ccc(CCN2c3ccsc3C(N3CCOCC3)=NC2c2cnc(N)nc2)cc1. The fourth-order valence-corrected chi connectivity index (χ4v) is 5.17. The molecule has 2 aliphatic rings. The second-order valence-electron chi connectivity index (χ2n) is 8.27. The second kappa shape index (κ2) is 10.2. The summed E-state index contributed by atoms with van der Waals surface area (Å²) in [6.07, 6.45) is 5.32. The lowest BCUT2D eigenvalue weighted by Gasteiger charge is -2.39. The van der Waals surface area contributed by atoms with E-state index in [1.807, 2.05) is 24.3 Å². The third kappa shape index (κ3) is 5.03. The maximum absolute atomic E-state index is 11.5. The third-order valence-corrected chi connectivity index (χ3v) is 6.95. The van der Waals surface area contributed by atoms with E-state index in [1.54, 1.807) is 23.7 Å². The number of amides is 1. The van der Waals surface area contributed by atoms with Crippen LogP contribution < -0.4 is 16.0 Å². The van der Waals surface area contributed by atoms with Gasteiger partial charge < -0.3 is 25.6 Å². The van der Waals surface area contributed by atoms with Crippen LogP contribution in [0.3, 0.4) is 0 Å². The number of nitrogens with zero attached hydrogens (tertiary/aromatic N) is 5. The molecule has 1 aromatic carbocycles. The van der Waals surface area contributed by atoms with Gasteiger partial charge in [-0.25, -0.2) is 15.0 Å². The molecule has 1 unspecified atom stereocenters. The fraction of sp³-hybridized carbons (Fsp3) is 0.280. The zero-order valence-electron chi connectivity index (χ0n) is 19.3. The number of amidine groups is 1. The zero-order valence-corrected chi connectivity index (χ0v) is 20.1. The smallest absolute Gasteiger partial charge is 0.247 e. The van der Waals surface area contributed by atoms with Crippen LogP contribution in [0.15, 0.2) is 65.8 Å². The van der Waals surface area contributed by atoms with E-state index in [4.69, 9.17) is 15.5 Å². The van der Waals surface area contributed by atoms with Gasteiger partial charge in [-0.3, -0.25) is 4.79 Å². The average molecular weight is 490 g/mol. The molecule has 35 heavy (non-hydrogen) atoms. The minimum Gasteiger partial charge on any atom is -0.378 e. The molecule has 5 rings (SSSR count). The number of hydrogen-bond donors (Lipinski definition) is 2. The van der Waals surface area contributed by atoms with Crippen LogP contribution >= 0.6 is 11.3 Å². The van der Waals surface area contributed by atoms with Crippen LogP contribution in [-0.2, 0) is 16.0 Å². The number of hydrogen-bond acceptors (Lipinski definition) is 9. The summed E-state index contributed by atoms with van der Waals surface area (Å²) in [6, 6.07) is 10.0. The van der Waals surface area contributed by atoms with Crippen molar-refractivity contribution in [3.63, 3.8) is 0 Å². The number of thiophene rings is 1. The van der Waals surface area contributed by atoms with Gasteiger partial charge in [-0.15, -0.1) is 11.3 Å². The Balaban J connectivity index is 1.42. The van der Waals surface area contributed by atoms with Gasteiger partial charge in [0.1, 0.15) is 5.84 Å².